The minimum absolute atomic E-state index is 0.0488. The van der Waals surface area contributed by atoms with E-state index in [-0.39, 0.29) is 17.1 Å². The van der Waals surface area contributed by atoms with Gasteiger partial charge in [-0.25, -0.2) is 4.39 Å². The van der Waals surface area contributed by atoms with Crippen molar-refractivity contribution in [1.29, 1.82) is 0 Å². The number of amides is 1. The van der Waals surface area contributed by atoms with Crippen LogP contribution in [-0.4, -0.2) is 19.0 Å². The molecule has 0 saturated carbocycles. The number of hydrogen-bond acceptors (Lipinski definition) is 2. The van der Waals surface area contributed by atoms with Gasteiger partial charge in [0, 0.05) is 12.1 Å². The minimum Gasteiger partial charge on any atom is -0.352 e. The number of halogens is 1. The number of aryl methyl sites for hydroxylation is 1. The van der Waals surface area contributed by atoms with Crippen molar-refractivity contribution < 1.29 is 9.18 Å². The molecule has 1 rings (SSSR count). The molecule has 0 fully saturated rings. The quantitative estimate of drug-likeness (QED) is 0.844. The molecule has 0 aromatic heterocycles. The first-order valence-corrected chi connectivity index (χ1v) is 6.09. The molecule has 0 aliphatic heterocycles. The summed E-state index contributed by atoms with van der Waals surface area (Å²) in [6, 6.07) is 4.32. The van der Waals surface area contributed by atoms with Crippen LogP contribution in [0.15, 0.2) is 18.2 Å². The Morgan fingerprint density at radius 1 is 1.39 bits per heavy atom. The highest BCUT2D eigenvalue weighted by atomic mass is 19.1. The zero-order valence-electron chi connectivity index (χ0n) is 11.2. The van der Waals surface area contributed by atoms with E-state index in [0.29, 0.717) is 18.7 Å². The van der Waals surface area contributed by atoms with E-state index in [2.05, 4.69) is 5.32 Å². The largest absolute Gasteiger partial charge is 0.352 e. The molecule has 3 nitrogen and oxygen atoms in total. The van der Waals surface area contributed by atoms with Gasteiger partial charge in [0.1, 0.15) is 5.82 Å². The summed E-state index contributed by atoms with van der Waals surface area (Å²) in [6.07, 6.45) is 0.829. The molecule has 0 atom stereocenters. The summed E-state index contributed by atoms with van der Waals surface area (Å²) in [5.74, 6) is -0.635. The third-order valence-electron chi connectivity index (χ3n) is 2.85. The van der Waals surface area contributed by atoms with Crippen molar-refractivity contribution >= 4 is 5.91 Å². The van der Waals surface area contributed by atoms with Crippen molar-refractivity contribution in [2.45, 2.75) is 27.2 Å². The van der Waals surface area contributed by atoms with Crippen LogP contribution in [0.2, 0.25) is 0 Å². The molecule has 0 bridgehead atoms. The Bertz CT molecular complexity index is 410. The van der Waals surface area contributed by atoms with Crippen LogP contribution < -0.4 is 11.1 Å². The molecule has 0 aliphatic carbocycles. The molecule has 0 unspecified atom stereocenters. The van der Waals surface area contributed by atoms with E-state index in [0.717, 1.165) is 12.0 Å². The Balaban J connectivity index is 2.66. The van der Waals surface area contributed by atoms with Gasteiger partial charge in [-0.15, -0.1) is 0 Å². The molecule has 0 radical (unpaired) electrons. The van der Waals surface area contributed by atoms with Crippen molar-refractivity contribution in [2.75, 3.05) is 13.1 Å². The first kappa shape index (κ1) is 14.6. The number of benzene rings is 1. The second kappa shape index (κ2) is 5.96. The zero-order valence-corrected chi connectivity index (χ0v) is 11.2. The van der Waals surface area contributed by atoms with Gasteiger partial charge >= 0.3 is 0 Å². The summed E-state index contributed by atoms with van der Waals surface area (Å²) in [7, 11) is 0. The highest BCUT2D eigenvalue weighted by Gasteiger charge is 2.18. The van der Waals surface area contributed by atoms with Gasteiger partial charge in [0.15, 0.2) is 0 Å². The fourth-order valence-electron chi connectivity index (χ4n) is 1.77. The van der Waals surface area contributed by atoms with E-state index in [1.54, 1.807) is 13.0 Å². The maximum absolute atomic E-state index is 13.2. The number of nitrogens with two attached hydrogens (primary N) is 1. The van der Waals surface area contributed by atoms with Crippen molar-refractivity contribution in [2.24, 2.45) is 11.1 Å². The number of carbonyl (C=O) groups excluding carboxylic acids is 1. The monoisotopic (exact) mass is 252 g/mol. The molecule has 18 heavy (non-hydrogen) atoms. The summed E-state index contributed by atoms with van der Waals surface area (Å²) in [6.45, 7) is 6.95. The minimum atomic E-state index is -0.388. The van der Waals surface area contributed by atoms with Crippen LogP contribution in [0.3, 0.4) is 0 Å². The zero-order chi connectivity index (χ0) is 13.8. The second-order valence-corrected chi connectivity index (χ2v) is 5.40. The van der Waals surface area contributed by atoms with Crippen LogP contribution in [0.5, 0.6) is 0 Å². The fraction of sp³-hybridized carbons (Fsp3) is 0.500. The van der Waals surface area contributed by atoms with Crippen molar-refractivity contribution in [3.8, 4) is 0 Å². The first-order valence-electron chi connectivity index (χ1n) is 6.09. The van der Waals surface area contributed by atoms with E-state index >= 15 is 0 Å². The standard InChI is InChI=1S/C14H21FN2O/c1-10-6-11(8-12(15)7-10)13(18)17-9-14(2,3)4-5-16/h6-8H,4-5,9,16H2,1-3H3,(H,17,18). The summed E-state index contributed by atoms with van der Waals surface area (Å²) in [4.78, 5) is 11.9. The molecular weight excluding hydrogens is 231 g/mol. The van der Waals surface area contributed by atoms with Gasteiger partial charge in [0.25, 0.3) is 5.91 Å². The summed E-state index contributed by atoms with van der Waals surface area (Å²) in [5.41, 5.74) is 6.56. The van der Waals surface area contributed by atoms with E-state index in [9.17, 15) is 9.18 Å². The first-order chi connectivity index (χ1) is 8.34. The molecule has 1 aromatic carbocycles. The maximum Gasteiger partial charge on any atom is 0.251 e. The van der Waals surface area contributed by atoms with Crippen LogP contribution in [0.25, 0.3) is 0 Å². The lowest BCUT2D eigenvalue weighted by Gasteiger charge is -2.24. The smallest absolute Gasteiger partial charge is 0.251 e. The lowest BCUT2D eigenvalue weighted by atomic mass is 9.89. The maximum atomic E-state index is 13.2. The average molecular weight is 252 g/mol. The third kappa shape index (κ3) is 4.45. The Hall–Kier alpha value is -1.42. The Labute approximate surface area is 108 Å². The molecule has 0 heterocycles. The van der Waals surface area contributed by atoms with Gasteiger partial charge in [-0.2, -0.15) is 0 Å². The molecule has 100 valence electrons. The molecule has 0 aliphatic rings. The highest BCUT2D eigenvalue weighted by Crippen LogP contribution is 2.18. The van der Waals surface area contributed by atoms with E-state index in [4.69, 9.17) is 5.73 Å². The SMILES string of the molecule is Cc1cc(F)cc(C(=O)NCC(C)(C)CCN)c1. The molecule has 3 N–H and O–H groups in total. The van der Waals surface area contributed by atoms with Crippen LogP contribution >= 0.6 is 0 Å². The topological polar surface area (TPSA) is 55.1 Å². The van der Waals surface area contributed by atoms with Crippen LogP contribution in [0, 0.1) is 18.2 Å². The van der Waals surface area contributed by atoms with Crippen molar-refractivity contribution in [1.82, 2.24) is 5.32 Å². The van der Waals surface area contributed by atoms with Gasteiger partial charge in [-0.05, 0) is 49.1 Å². The third-order valence-corrected chi connectivity index (χ3v) is 2.85. The number of carbonyl (C=O) groups is 1. The van der Waals surface area contributed by atoms with E-state index < -0.39 is 0 Å². The summed E-state index contributed by atoms with van der Waals surface area (Å²) in [5, 5.41) is 2.82. The molecule has 0 saturated heterocycles. The van der Waals surface area contributed by atoms with Crippen molar-refractivity contribution in [3.05, 3.63) is 35.1 Å². The lowest BCUT2D eigenvalue weighted by Crippen LogP contribution is -2.35. The molecule has 4 heteroatoms. The van der Waals surface area contributed by atoms with Crippen LogP contribution in [0.1, 0.15) is 36.2 Å². The summed E-state index contributed by atoms with van der Waals surface area (Å²) < 4.78 is 13.2. The van der Waals surface area contributed by atoms with Crippen molar-refractivity contribution in [3.63, 3.8) is 0 Å². The predicted molar refractivity (Wildman–Crippen MR) is 70.9 cm³/mol. The Kier molecular flexibility index (Phi) is 4.84. The Morgan fingerprint density at radius 3 is 2.61 bits per heavy atom. The van der Waals surface area contributed by atoms with Gasteiger partial charge in [0.2, 0.25) is 0 Å². The average Bonchev–Trinajstić information content (AvgIpc) is 2.24. The lowest BCUT2D eigenvalue weighted by molar-refractivity contribution is 0.0934. The second-order valence-electron chi connectivity index (χ2n) is 5.40. The molecule has 1 amide bonds. The van der Waals surface area contributed by atoms with E-state index in [1.165, 1.54) is 12.1 Å². The summed E-state index contributed by atoms with van der Waals surface area (Å²) >= 11 is 0. The highest BCUT2D eigenvalue weighted by molar-refractivity contribution is 5.94. The van der Waals surface area contributed by atoms with Gasteiger partial charge in [-0.1, -0.05) is 13.8 Å². The Morgan fingerprint density at radius 2 is 2.06 bits per heavy atom. The van der Waals surface area contributed by atoms with Gasteiger partial charge in [0.05, 0.1) is 0 Å². The molecule has 0 spiro atoms. The van der Waals surface area contributed by atoms with Crippen LogP contribution in [-0.2, 0) is 0 Å². The van der Waals surface area contributed by atoms with Crippen LogP contribution in [0.4, 0.5) is 4.39 Å². The van der Waals surface area contributed by atoms with E-state index in [1.807, 2.05) is 13.8 Å². The number of rotatable bonds is 5. The van der Waals surface area contributed by atoms with Gasteiger partial charge < -0.3 is 11.1 Å². The predicted octanol–water partition coefficient (Wildman–Crippen LogP) is 2.24. The number of nitrogens with one attached hydrogen (secondary N) is 1. The molecular formula is C14H21FN2O. The fourth-order valence-corrected chi connectivity index (χ4v) is 1.77. The number of hydrogen-bond donors (Lipinski definition) is 2. The normalized spacial score (nSPS) is 11.4. The molecule has 1 aromatic rings. The van der Waals surface area contributed by atoms with Gasteiger partial charge in [-0.3, -0.25) is 4.79 Å².